The minimum Gasteiger partial charge on any atom is -0.382 e. The second kappa shape index (κ2) is 5.09. The number of hydrogen-bond donors (Lipinski definition) is 1. The molecule has 0 spiro atoms. The molecule has 0 amide bonds. The average molecular weight is 232 g/mol. The number of hydrogen-bond acceptors (Lipinski definition) is 2. The second-order valence-corrected chi connectivity index (χ2v) is 5.57. The van der Waals surface area contributed by atoms with Gasteiger partial charge in [-0.1, -0.05) is 25.1 Å². The van der Waals surface area contributed by atoms with Gasteiger partial charge < -0.3 is 10.2 Å². The third kappa shape index (κ3) is 2.81. The molecule has 3 unspecified atom stereocenters. The topological polar surface area (TPSA) is 15.3 Å². The lowest BCUT2D eigenvalue weighted by Gasteiger charge is -2.40. The summed E-state index contributed by atoms with van der Waals surface area (Å²) >= 11 is 0. The van der Waals surface area contributed by atoms with Crippen molar-refractivity contribution in [3.8, 4) is 0 Å². The summed E-state index contributed by atoms with van der Waals surface area (Å²) in [6.07, 6.45) is 1.23. The van der Waals surface area contributed by atoms with Crippen LogP contribution in [0.2, 0.25) is 0 Å². The lowest BCUT2D eigenvalue weighted by molar-refractivity contribution is 0.145. The molecule has 1 fully saturated rings. The highest BCUT2D eigenvalue weighted by molar-refractivity contribution is 5.51. The van der Waals surface area contributed by atoms with Gasteiger partial charge in [-0.25, -0.2) is 0 Å². The van der Waals surface area contributed by atoms with Crippen LogP contribution in [0.3, 0.4) is 0 Å². The molecular weight excluding hydrogens is 208 g/mol. The summed E-state index contributed by atoms with van der Waals surface area (Å²) in [5, 5.41) is 3.72. The highest BCUT2D eigenvalue weighted by Gasteiger charge is 2.28. The van der Waals surface area contributed by atoms with Crippen LogP contribution < -0.4 is 5.32 Å². The van der Waals surface area contributed by atoms with E-state index in [9.17, 15) is 0 Å². The maximum atomic E-state index is 3.72. The van der Waals surface area contributed by atoms with E-state index in [2.05, 4.69) is 62.3 Å². The summed E-state index contributed by atoms with van der Waals surface area (Å²) in [6.45, 7) is 8.02. The minimum atomic E-state index is 0.599. The van der Waals surface area contributed by atoms with Gasteiger partial charge in [-0.3, -0.25) is 0 Å². The number of anilines is 1. The van der Waals surface area contributed by atoms with Gasteiger partial charge in [0.05, 0.1) is 0 Å². The molecule has 1 aliphatic rings. The Kier molecular flexibility index (Phi) is 3.72. The molecule has 3 atom stereocenters. The molecule has 2 rings (SSSR count). The van der Waals surface area contributed by atoms with Gasteiger partial charge in [-0.15, -0.1) is 0 Å². The lowest BCUT2D eigenvalue weighted by atomic mass is 9.89. The van der Waals surface area contributed by atoms with E-state index in [-0.39, 0.29) is 0 Å². The van der Waals surface area contributed by atoms with E-state index in [4.69, 9.17) is 0 Å². The Morgan fingerprint density at radius 1 is 1.24 bits per heavy atom. The summed E-state index contributed by atoms with van der Waals surface area (Å²) in [7, 11) is 2.23. The van der Waals surface area contributed by atoms with E-state index in [1.54, 1.807) is 0 Å². The van der Waals surface area contributed by atoms with E-state index < -0.39 is 0 Å². The number of aryl methyl sites for hydroxylation is 1. The van der Waals surface area contributed by atoms with Gasteiger partial charge in [-0.05, 0) is 44.9 Å². The molecular formula is C15H24N2. The Morgan fingerprint density at radius 3 is 2.65 bits per heavy atom. The van der Waals surface area contributed by atoms with Gasteiger partial charge in [0.25, 0.3) is 0 Å². The quantitative estimate of drug-likeness (QED) is 0.842. The van der Waals surface area contributed by atoms with Crippen molar-refractivity contribution in [2.24, 2.45) is 5.92 Å². The molecule has 1 aromatic rings. The van der Waals surface area contributed by atoms with E-state index in [1.807, 2.05) is 0 Å². The number of nitrogens with zero attached hydrogens (tertiary/aromatic N) is 1. The van der Waals surface area contributed by atoms with Crippen molar-refractivity contribution in [1.29, 1.82) is 0 Å². The fraction of sp³-hybridized carbons (Fsp3) is 0.600. The van der Waals surface area contributed by atoms with Gasteiger partial charge >= 0.3 is 0 Å². The molecule has 94 valence electrons. The molecule has 1 aromatic carbocycles. The Morgan fingerprint density at radius 2 is 1.94 bits per heavy atom. The zero-order valence-corrected chi connectivity index (χ0v) is 11.4. The van der Waals surface area contributed by atoms with Crippen LogP contribution >= 0.6 is 0 Å². The molecule has 2 nitrogen and oxygen atoms in total. The smallest absolute Gasteiger partial charge is 0.0372 e. The Hall–Kier alpha value is -1.02. The summed E-state index contributed by atoms with van der Waals surface area (Å²) < 4.78 is 0. The number of piperidine rings is 1. The van der Waals surface area contributed by atoms with Crippen LogP contribution in [0.4, 0.5) is 5.69 Å². The summed E-state index contributed by atoms with van der Waals surface area (Å²) in [4.78, 5) is 2.46. The van der Waals surface area contributed by atoms with E-state index in [0.29, 0.717) is 18.0 Å². The molecule has 0 aliphatic carbocycles. The molecule has 1 saturated heterocycles. The van der Waals surface area contributed by atoms with Crippen molar-refractivity contribution in [2.75, 3.05) is 18.9 Å². The molecule has 0 saturated carbocycles. The maximum absolute atomic E-state index is 3.72. The number of benzene rings is 1. The first-order chi connectivity index (χ1) is 8.08. The van der Waals surface area contributed by atoms with Gasteiger partial charge in [0, 0.05) is 24.3 Å². The summed E-state index contributed by atoms with van der Waals surface area (Å²) in [5.41, 5.74) is 2.63. The first-order valence-electron chi connectivity index (χ1n) is 6.60. The summed E-state index contributed by atoms with van der Waals surface area (Å²) in [6, 6.07) is 9.84. The van der Waals surface area contributed by atoms with Gasteiger partial charge in [0.15, 0.2) is 0 Å². The fourth-order valence-electron chi connectivity index (χ4n) is 2.68. The van der Waals surface area contributed by atoms with E-state index in [1.165, 1.54) is 24.2 Å². The molecule has 2 heteroatoms. The summed E-state index contributed by atoms with van der Waals surface area (Å²) in [5.74, 6) is 0.704. The normalized spacial score (nSPS) is 30.2. The number of likely N-dealkylation sites (tertiary alicyclic amines) is 1. The monoisotopic (exact) mass is 232 g/mol. The van der Waals surface area contributed by atoms with Crippen LogP contribution in [0.25, 0.3) is 0 Å². The van der Waals surface area contributed by atoms with Crippen LogP contribution in [-0.4, -0.2) is 30.6 Å². The first-order valence-corrected chi connectivity index (χ1v) is 6.60. The lowest BCUT2D eigenvalue weighted by Crippen LogP contribution is -2.48. The zero-order valence-electron chi connectivity index (χ0n) is 11.4. The Balaban J connectivity index is 2.06. The van der Waals surface area contributed by atoms with Crippen molar-refractivity contribution in [1.82, 2.24) is 4.90 Å². The molecule has 1 heterocycles. The van der Waals surface area contributed by atoms with Crippen molar-refractivity contribution in [2.45, 2.75) is 39.3 Å². The van der Waals surface area contributed by atoms with Crippen LogP contribution in [0.5, 0.6) is 0 Å². The first kappa shape index (κ1) is 12.4. The SMILES string of the molecule is Cc1ccccc1NC1CC(C)N(C)CC1C. The highest BCUT2D eigenvalue weighted by Crippen LogP contribution is 2.25. The molecule has 0 bridgehead atoms. The second-order valence-electron chi connectivity index (χ2n) is 5.57. The van der Waals surface area contributed by atoms with Crippen molar-refractivity contribution < 1.29 is 0 Å². The molecule has 1 N–H and O–H groups in total. The Labute approximate surface area is 105 Å². The Bertz CT molecular complexity index is 375. The van der Waals surface area contributed by atoms with E-state index in [0.717, 1.165) is 0 Å². The molecule has 0 aromatic heterocycles. The third-order valence-electron chi connectivity index (χ3n) is 4.10. The van der Waals surface area contributed by atoms with Gasteiger partial charge in [-0.2, -0.15) is 0 Å². The predicted molar refractivity (Wildman–Crippen MR) is 74.5 cm³/mol. The minimum absolute atomic E-state index is 0.599. The molecule has 0 radical (unpaired) electrons. The van der Waals surface area contributed by atoms with Gasteiger partial charge in [0.2, 0.25) is 0 Å². The number of para-hydroxylation sites is 1. The third-order valence-corrected chi connectivity index (χ3v) is 4.10. The largest absolute Gasteiger partial charge is 0.382 e. The molecule has 1 aliphatic heterocycles. The fourth-order valence-corrected chi connectivity index (χ4v) is 2.68. The maximum Gasteiger partial charge on any atom is 0.0372 e. The average Bonchev–Trinajstić information content (AvgIpc) is 2.29. The van der Waals surface area contributed by atoms with E-state index >= 15 is 0 Å². The van der Waals surface area contributed by atoms with Gasteiger partial charge in [0.1, 0.15) is 0 Å². The van der Waals surface area contributed by atoms with Crippen molar-refractivity contribution >= 4 is 5.69 Å². The predicted octanol–water partition coefficient (Wildman–Crippen LogP) is 3.14. The number of rotatable bonds is 2. The van der Waals surface area contributed by atoms with Crippen molar-refractivity contribution in [3.63, 3.8) is 0 Å². The number of nitrogens with one attached hydrogen (secondary N) is 1. The van der Waals surface area contributed by atoms with Crippen LogP contribution in [0.1, 0.15) is 25.8 Å². The zero-order chi connectivity index (χ0) is 12.4. The van der Waals surface area contributed by atoms with Crippen LogP contribution in [-0.2, 0) is 0 Å². The standard InChI is InChI=1S/C15H24N2/c1-11-7-5-6-8-14(11)16-15-9-13(3)17(4)10-12(15)2/h5-8,12-13,15-16H,9-10H2,1-4H3. The van der Waals surface area contributed by atoms with Crippen LogP contribution in [0.15, 0.2) is 24.3 Å². The van der Waals surface area contributed by atoms with Crippen LogP contribution in [0, 0.1) is 12.8 Å². The highest BCUT2D eigenvalue weighted by atomic mass is 15.2. The van der Waals surface area contributed by atoms with Crippen molar-refractivity contribution in [3.05, 3.63) is 29.8 Å². The molecule has 17 heavy (non-hydrogen) atoms.